The molecule has 0 spiro atoms. The van der Waals surface area contributed by atoms with Crippen molar-refractivity contribution in [2.75, 3.05) is 0 Å². The van der Waals surface area contributed by atoms with E-state index in [1.165, 1.54) is 37.7 Å². The van der Waals surface area contributed by atoms with Crippen molar-refractivity contribution in [2.45, 2.75) is 37.5 Å². The lowest BCUT2D eigenvalue weighted by molar-refractivity contribution is 0.419. The van der Waals surface area contributed by atoms with Crippen LogP contribution >= 0.6 is 0 Å². The van der Waals surface area contributed by atoms with Crippen LogP contribution in [-0.2, 0) is 5.41 Å². The first-order valence-corrected chi connectivity index (χ1v) is 19.4. The Labute approximate surface area is 322 Å². The van der Waals surface area contributed by atoms with Crippen molar-refractivity contribution in [3.63, 3.8) is 0 Å². The van der Waals surface area contributed by atoms with Gasteiger partial charge in [-0.2, -0.15) is 0 Å². The van der Waals surface area contributed by atoms with Gasteiger partial charge in [0.05, 0.1) is 22.8 Å². The monoisotopic (exact) mass is 708 g/mol. The van der Waals surface area contributed by atoms with E-state index < -0.39 is 0 Å². The van der Waals surface area contributed by atoms with Gasteiger partial charge in [-0.1, -0.05) is 158 Å². The number of fused-ring (bicyclic) bond motifs is 2. The fourth-order valence-corrected chi connectivity index (χ4v) is 8.92. The van der Waals surface area contributed by atoms with E-state index >= 15 is 0 Å². The predicted molar refractivity (Wildman–Crippen MR) is 224 cm³/mol. The Morgan fingerprint density at radius 2 is 0.836 bits per heavy atom. The van der Waals surface area contributed by atoms with Gasteiger partial charge in [0, 0.05) is 33.4 Å². The molecule has 0 amide bonds. The maximum Gasteiger partial charge on any atom is 0.160 e. The van der Waals surface area contributed by atoms with E-state index in [4.69, 9.17) is 19.9 Å². The topological polar surface area (TPSA) is 51.6 Å². The third-order valence-corrected chi connectivity index (χ3v) is 11.8. The van der Waals surface area contributed by atoms with Gasteiger partial charge in [-0.15, -0.1) is 0 Å². The van der Waals surface area contributed by atoms with Gasteiger partial charge in [-0.05, 0) is 78.3 Å². The number of rotatable bonds is 8. The number of nitrogens with zero attached hydrogens (tertiary/aromatic N) is 4. The van der Waals surface area contributed by atoms with E-state index in [1.807, 2.05) is 30.3 Å². The summed E-state index contributed by atoms with van der Waals surface area (Å²) in [6.45, 7) is 0. The third kappa shape index (κ3) is 6.44. The lowest BCUT2D eigenvalue weighted by atomic mass is 9.77. The van der Waals surface area contributed by atoms with E-state index in [1.54, 1.807) is 0 Å². The van der Waals surface area contributed by atoms with Crippen molar-refractivity contribution in [1.82, 2.24) is 19.9 Å². The molecule has 2 saturated carbocycles. The number of aromatic nitrogens is 4. The normalized spacial score (nSPS) is 17.3. The quantitative estimate of drug-likeness (QED) is 0.158. The molecule has 2 heterocycles. The lowest BCUT2D eigenvalue weighted by Gasteiger charge is -2.27. The Kier molecular flexibility index (Phi) is 8.44. The Balaban J connectivity index is 1.08. The molecule has 2 fully saturated rings. The van der Waals surface area contributed by atoms with Crippen molar-refractivity contribution in [2.24, 2.45) is 5.92 Å². The molecule has 55 heavy (non-hydrogen) atoms. The van der Waals surface area contributed by atoms with Crippen molar-refractivity contribution >= 4 is 0 Å². The molecule has 4 heteroatoms. The Morgan fingerprint density at radius 3 is 1.47 bits per heavy atom. The number of benzene rings is 6. The molecule has 2 aromatic heterocycles. The molecule has 2 bridgehead atoms. The summed E-state index contributed by atoms with van der Waals surface area (Å²) >= 11 is 0. The van der Waals surface area contributed by atoms with Crippen molar-refractivity contribution in [3.05, 3.63) is 181 Å². The zero-order chi connectivity index (χ0) is 36.6. The zero-order valence-electron chi connectivity index (χ0n) is 30.6. The van der Waals surface area contributed by atoms with Gasteiger partial charge in [0.2, 0.25) is 0 Å². The fraction of sp³-hybridized carbons (Fsp3) is 0.137. The zero-order valence-corrected chi connectivity index (χ0v) is 30.6. The standard InChI is InChI=1S/C51H40N4/c1-4-13-36(14-5-1)43-21-10-11-22-44(43)48-33-46(37-15-6-2-7-16-37)53-50(55-48)41-20-12-19-40(31-41)47-32-45(52-49(54-47)39-17-8-3-9-18-39)38-23-25-42(26-24-38)51-29-27-35(34-51)28-30-51/h1-26,31-33,35H,27-30,34H2. The highest BCUT2D eigenvalue weighted by molar-refractivity contribution is 5.84. The van der Waals surface area contributed by atoms with Crippen LogP contribution in [-0.4, -0.2) is 19.9 Å². The molecule has 0 saturated heterocycles. The molecule has 2 aliphatic rings. The molecule has 10 rings (SSSR count). The fourth-order valence-electron chi connectivity index (χ4n) is 8.92. The molecule has 0 radical (unpaired) electrons. The van der Waals surface area contributed by atoms with Crippen LogP contribution in [0.15, 0.2) is 176 Å². The summed E-state index contributed by atoms with van der Waals surface area (Å²) in [7, 11) is 0. The minimum absolute atomic E-state index is 0.374. The van der Waals surface area contributed by atoms with Crippen LogP contribution in [0.5, 0.6) is 0 Å². The van der Waals surface area contributed by atoms with Crippen LogP contribution in [0.4, 0.5) is 0 Å². The van der Waals surface area contributed by atoms with Gasteiger partial charge in [-0.25, -0.2) is 19.9 Å². The lowest BCUT2D eigenvalue weighted by Crippen LogP contribution is -2.19. The van der Waals surface area contributed by atoms with Crippen LogP contribution in [0, 0.1) is 5.92 Å². The van der Waals surface area contributed by atoms with Crippen molar-refractivity contribution in [3.8, 4) is 78.9 Å². The summed E-state index contributed by atoms with van der Waals surface area (Å²) in [6, 6.07) is 61.6. The van der Waals surface area contributed by atoms with E-state index in [0.717, 1.165) is 73.2 Å². The van der Waals surface area contributed by atoms with Gasteiger partial charge in [-0.3, -0.25) is 0 Å². The van der Waals surface area contributed by atoms with Crippen LogP contribution in [0.3, 0.4) is 0 Å². The van der Waals surface area contributed by atoms with Gasteiger partial charge in [0.15, 0.2) is 11.6 Å². The van der Waals surface area contributed by atoms with Gasteiger partial charge in [0.25, 0.3) is 0 Å². The molecule has 0 atom stereocenters. The summed E-state index contributed by atoms with van der Waals surface area (Å²) in [4.78, 5) is 20.8. The molecule has 4 nitrogen and oxygen atoms in total. The van der Waals surface area contributed by atoms with Crippen molar-refractivity contribution < 1.29 is 0 Å². The summed E-state index contributed by atoms with van der Waals surface area (Å²) in [5.74, 6) is 2.28. The van der Waals surface area contributed by atoms with Crippen LogP contribution < -0.4 is 0 Å². The first kappa shape index (κ1) is 33.1. The Morgan fingerprint density at radius 1 is 0.364 bits per heavy atom. The second-order valence-corrected chi connectivity index (χ2v) is 15.2. The highest BCUT2D eigenvalue weighted by Crippen LogP contribution is 2.55. The number of hydrogen-bond donors (Lipinski definition) is 0. The predicted octanol–water partition coefficient (Wildman–Crippen LogP) is 12.8. The second kappa shape index (κ2) is 14.0. The van der Waals surface area contributed by atoms with E-state index in [-0.39, 0.29) is 0 Å². The maximum atomic E-state index is 5.26. The third-order valence-electron chi connectivity index (χ3n) is 11.8. The average molecular weight is 709 g/mol. The maximum absolute atomic E-state index is 5.26. The molecule has 264 valence electrons. The van der Waals surface area contributed by atoms with Gasteiger partial charge >= 0.3 is 0 Å². The Bertz CT molecular complexity index is 2610. The molecule has 2 aliphatic carbocycles. The summed E-state index contributed by atoms with van der Waals surface area (Å²) in [5.41, 5.74) is 13.8. The van der Waals surface area contributed by atoms with Crippen LogP contribution in [0.1, 0.15) is 37.7 Å². The van der Waals surface area contributed by atoms with E-state index in [0.29, 0.717) is 17.1 Å². The van der Waals surface area contributed by atoms with Crippen molar-refractivity contribution in [1.29, 1.82) is 0 Å². The summed E-state index contributed by atoms with van der Waals surface area (Å²) < 4.78 is 0. The highest BCUT2D eigenvalue weighted by Gasteiger charge is 2.45. The van der Waals surface area contributed by atoms with Gasteiger partial charge in [0.1, 0.15) is 0 Å². The first-order valence-electron chi connectivity index (χ1n) is 19.4. The minimum atomic E-state index is 0.374. The molecule has 8 aromatic rings. The molecule has 0 unspecified atom stereocenters. The minimum Gasteiger partial charge on any atom is -0.228 e. The second-order valence-electron chi connectivity index (χ2n) is 15.2. The summed E-state index contributed by atoms with van der Waals surface area (Å²) in [5, 5.41) is 0. The molecule has 0 N–H and O–H groups in total. The molecular weight excluding hydrogens is 669 g/mol. The van der Waals surface area contributed by atoms with Crippen LogP contribution in [0.2, 0.25) is 0 Å². The largest absolute Gasteiger partial charge is 0.228 e. The first-order chi connectivity index (χ1) is 27.2. The Hall–Kier alpha value is -6.52. The van der Waals surface area contributed by atoms with Gasteiger partial charge < -0.3 is 0 Å². The molecule has 6 aromatic carbocycles. The van der Waals surface area contributed by atoms with E-state index in [2.05, 4.69) is 146 Å². The highest BCUT2D eigenvalue weighted by atomic mass is 14.9. The van der Waals surface area contributed by atoms with Crippen LogP contribution in [0.25, 0.3) is 78.9 Å². The van der Waals surface area contributed by atoms with E-state index in [9.17, 15) is 0 Å². The number of hydrogen-bond acceptors (Lipinski definition) is 4. The SMILES string of the molecule is c1ccc(-c2cc(-c3ccccc3-c3ccccc3)nc(-c3cccc(-c4cc(-c5ccc(C67CCC(CC6)C7)cc5)nc(-c5ccccc5)n4)c3)n2)cc1. The smallest absolute Gasteiger partial charge is 0.160 e. The summed E-state index contributed by atoms with van der Waals surface area (Å²) in [6.07, 6.45) is 6.74. The molecular formula is C51H40N4. The molecule has 0 aliphatic heterocycles. The average Bonchev–Trinajstić information content (AvgIpc) is 3.90.